The molecular formula is C26H28N4O5S2. The van der Waals surface area contributed by atoms with Gasteiger partial charge < -0.3 is 14.2 Å². The van der Waals surface area contributed by atoms with Crippen molar-refractivity contribution in [2.75, 3.05) is 19.1 Å². The molecule has 0 unspecified atom stereocenters. The van der Waals surface area contributed by atoms with Crippen LogP contribution in [0.25, 0.3) is 0 Å². The Morgan fingerprint density at radius 2 is 1.38 bits per heavy atom. The molecule has 0 spiro atoms. The van der Waals surface area contributed by atoms with Crippen LogP contribution in [0.1, 0.15) is 11.1 Å². The number of methoxy groups -OCH3 is 1. The van der Waals surface area contributed by atoms with Crippen molar-refractivity contribution in [3.05, 3.63) is 102 Å². The second-order valence-electron chi connectivity index (χ2n) is 7.77. The van der Waals surface area contributed by atoms with Crippen molar-refractivity contribution in [3.63, 3.8) is 0 Å². The number of aromatic nitrogens is 1. The second-order valence-corrected chi connectivity index (χ2v) is 9.89. The van der Waals surface area contributed by atoms with Gasteiger partial charge in [0, 0.05) is 18.8 Å². The molecule has 0 aliphatic carbocycles. The van der Waals surface area contributed by atoms with Crippen LogP contribution in [-0.4, -0.2) is 27.2 Å². The highest BCUT2D eigenvalue weighted by molar-refractivity contribution is 7.80. The van der Waals surface area contributed by atoms with E-state index in [4.69, 9.17) is 4.74 Å². The third-order valence-electron chi connectivity index (χ3n) is 5.10. The van der Waals surface area contributed by atoms with E-state index in [0.717, 1.165) is 41.8 Å². The Bertz CT molecular complexity index is 1340. The number of aryl methyl sites for hydroxylation is 1. The van der Waals surface area contributed by atoms with Crippen molar-refractivity contribution in [1.82, 2.24) is 0 Å². The van der Waals surface area contributed by atoms with Crippen molar-refractivity contribution in [3.8, 4) is 5.06 Å². The van der Waals surface area contributed by atoms with Crippen molar-refractivity contribution in [2.45, 2.75) is 13.1 Å². The number of thiazole rings is 1. The molecule has 0 fully saturated rings. The summed E-state index contributed by atoms with van der Waals surface area (Å²) in [6.45, 7) is 1.67. The molecule has 194 valence electrons. The number of hydrogen-bond acceptors (Lipinski definition) is 9. The number of azo groups is 1. The number of benzene rings is 3. The molecule has 0 radical (unpaired) electrons. The highest BCUT2D eigenvalue weighted by atomic mass is 32.3. The SMILES string of the molecule is COS(=O)(=O)[O-].COc1c[n+](C)c(N=Nc2ccc(N(Cc3ccccc3)Cc3ccccc3)cc2)s1. The van der Waals surface area contributed by atoms with Gasteiger partial charge in [-0.25, -0.2) is 13.0 Å². The molecule has 1 aromatic heterocycles. The Morgan fingerprint density at radius 3 is 1.81 bits per heavy atom. The predicted molar refractivity (Wildman–Crippen MR) is 142 cm³/mol. The van der Waals surface area contributed by atoms with Crippen molar-refractivity contribution >= 4 is 38.2 Å². The summed E-state index contributed by atoms with van der Waals surface area (Å²) in [4.78, 5) is 2.37. The molecule has 9 nitrogen and oxygen atoms in total. The first-order valence-corrected chi connectivity index (χ1v) is 13.3. The van der Waals surface area contributed by atoms with Crippen molar-refractivity contribution in [1.29, 1.82) is 0 Å². The minimum absolute atomic E-state index is 0.788. The summed E-state index contributed by atoms with van der Waals surface area (Å²) in [5.41, 5.74) is 4.52. The van der Waals surface area contributed by atoms with Crippen molar-refractivity contribution < 1.29 is 26.5 Å². The number of ether oxygens (including phenoxy) is 1. The van der Waals surface area contributed by atoms with Crippen LogP contribution in [0.5, 0.6) is 5.06 Å². The molecule has 4 rings (SSSR count). The highest BCUT2D eigenvalue weighted by Gasteiger charge is 2.14. The number of rotatable bonds is 9. The Kier molecular flexibility index (Phi) is 10.3. The molecule has 0 saturated heterocycles. The van der Waals surface area contributed by atoms with Crippen molar-refractivity contribution in [2.24, 2.45) is 17.3 Å². The summed E-state index contributed by atoms with van der Waals surface area (Å²) in [5, 5.41) is 10.4. The lowest BCUT2D eigenvalue weighted by molar-refractivity contribution is -0.654. The maximum absolute atomic E-state index is 9.22. The zero-order chi connectivity index (χ0) is 26.7. The van der Waals surface area contributed by atoms with Crippen LogP contribution in [0.3, 0.4) is 0 Å². The second kappa shape index (κ2) is 13.6. The summed E-state index contributed by atoms with van der Waals surface area (Å²) in [6, 6.07) is 29.3. The van der Waals surface area contributed by atoms with Crippen LogP contribution in [-0.2, 0) is 34.7 Å². The zero-order valence-electron chi connectivity index (χ0n) is 20.7. The number of nitrogens with zero attached hydrogens (tertiary/aromatic N) is 4. The Balaban J connectivity index is 0.000000568. The van der Waals surface area contributed by atoms with Crippen LogP contribution in [0, 0.1) is 0 Å². The molecule has 3 aromatic carbocycles. The highest BCUT2D eigenvalue weighted by Crippen LogP contribution is 2.28. The molecule has 0 bridgehead atoms. The lowest BCUT2D eigenvalue weighted by Crippen LogP contribution is -2.23. The molecule has 4 aromatic rings. The van der Waals surface area contributed by atoms with Gasteiger partial charge in [-0.1, -0.05) is 60.7 Å². The monoisotopic (exact) mass is 540 g/mol. The fraction of sp³-hybridized carbons (Fsp3) is 0.192. The maximum Gasteiger partial charge on any atom is 0.411 e. The van der Waals surface area contributed by atoms with Gasteiger partial charge in [-0.3, -0.25) is 4.18 Å². The average molecular weight is 541 g/mol. The third kappa shape index (κ3) is 9.39. The smallest absolute Gasteiger partial charge is 0.411 e. The molecule has 0 aliphatic heterocycles. The molecule has 37 heavy (non-hydrogen) atoms. The summed E-state index contributed by atoms with van der Waals surface area (Å²) < 4.78 is 38.2. The molecule has 0 N–H and O–H groups in total. The first-order valence-electron chi connectivity index (χ1n) is 11.2. The molecule has 1 heterocycles. The molecule has 0 amide bonds. The largest absolute Gasteiger partial charge is 0.726 e. The van der Waals surface area contributed by atoms with E-state index in [1.54, 1.807) is 7.11 Å². The van der Waals surface area contributed by atoms with Gasteiger partial charge >= 0.3 is 5.13 Å². The fourth-order valence-corrected chi connectivity index (χ4v) is 4.02. The van der Waals surface area contributed by atoms with Gasteiger partial charge in [-0.2, -0.15) is 0 Å². The standard InChI is InChI=1S/C25H25N4OS.CH4O4S/c1-28-19-24(30-2)31-25(28)27-26-22-13-15-23(16-14-22)29(17-20-9-5-3-6-10-20)18-21-11-7-4-8-12-21;1-5-6(2,3)4/h3-16,19H,17-18H2,1-2H3;1H3,(H,2,3,4)/q+1;/p-1. The normalized spacial score (nSPS) is 11.1. The summed E-state index contributed by atoms with van der Waals surface area (Å²) in [7, 11) is -0.0172. The maximum atomic E-state index is 9.22. The Hall–Kier alpha value is -3.64. The van der Waals surface area contributed by atoms with Gasteiger partial charge in [0.2, 0.25) is 15.5 Å². The lowest BCUT2D eigenvalue weighted by atomic mass is 10.1. The average Bonchev–Trinajstić information content (AvgIpc) is 3.28. The van der Waals surface area contributed by atoms with Crippen LogP contribution in [0.2, 0.25) is 0 Å². The van der Waals surface area contributed by atoms with Crippen LogP contribution < -0.4 is 14.2 Å². The molecule has 0 atom stereocenters. The quantitative estimate of drug-likeness (QED) is 0.123. The summed E-state index contributed by atoms with van der Waals surface area (Å²) in [6.07, 6.45) is 1.90. The molecular weight excluding hydrogens is 512 g/mol. The van der Waals surface area contributed by atoms with Crippen LogP contribution in [0.4, 0.5) is 16.5 Å². The molecule has 11 heteroatoms. The van der Waals surface area contributed by atoms with Gasteiger partial charge in [-0.15, -0.1) is 0 Å². The van der Waals surface area contributed by atoms with E-state index in [1.165, 1.54) is 22.5 Å². The number of hydrogen-bond donors (Lipinski definition) is 0. The first kappa shape index (κ1) is 27.9. The van der Waals surface area contributed by atoms with Gasteiger partial charge in [0.25, 0.3) is 0 Å². The lowest BCUT2D eigenvalue weighted by Gasteiger charge is -2.25. The zero-order valence-corrected chi connectivity index (χ0v) is 22.4. The third-order valence-corrected chi connectivity index (χ3v) is 6.53. The summed E-state index contributed by atoms with van der Waals surface area (Å²) in [5.74, 6) is 0. The van der Waals surface area contributed by atoms with Gasteiger partial charge in [0.15, 0.2) is 0 Å². The summed E-state index contributed by atoms with van der Waals surface area (Å²) >= 11 is 1.46. The van der Waals surface area contributed by atoms with Crippen LogP contribution >= 0.6 is 11.3 Å². The van der Waals surface area contributed by atoms with E-state index in [1.807, 2.05) is 42.1 Å². The van der Waals surface area contributed by atoms with Gasteiger partial charge in [0.1, 0.15) is 11.9 Å². The van der Waals surface area contributed by atoms with E-state index >= 15 is 0 Å². The van der Waals surface area contributed by atoms with E-state index in [0.29, 0.717) is 0 Å². The number of anilines is 1. The minimum Gasteiger partial charge on any atom is -0.726 e. The van der Waals surface area contributed by atoms with E-state index in [-0.39, 0.29) is 0 Å². The first-order chi connectivity index (χ1) is 17.8. The molecule has 0 saturated carbocycles. The Labute approximate surface area is 221 Å². The topological polar surface area (TPSA) is 108 Å². The fourth-order valence-electron chi connectivity index (χ4n) is 3.26. The predicted octanol–water partition coefficient (Wildman–Crippen LogP) is 5.30. The van der Waals surface area contributed by atoms with Crippen LogP contribution in [0.15, 0.2) is 101 Å². The van der Waals surface area contributed by atoms with Gasteiger partial charge in [-0.05, 0) is 51.8 Å². The Morgan fingerprint density at radius 1 is 0.865 bits per heavy atom. The van der Waals surface area contributed by atoms with E-state index < -0.39 is 10.4 Å². The molecule has 0 aliphatic rings. The minimum atomic E-state index is -4.41. The van der Waals surface area contributed by atoms with E-state index in [9.17, 15) is 13.0 Å². The van der Waals surface area contributed by atoms with Gasteiger partial charge in [0.05, 0.1) is 26.4 Å². The van der Waals surface area contributed by atoms with E-state index in [2.05, 4.69) is 80.0 Å².